The Balaban J connectivity index is 1.44. The van der Waals surface area contributed by atoms with Crippen LogP contribution >= 0.6 is 0 Å². The first-order chi connectivity index (χ1) is 13.1. The van der Waals surface area contributed by atoms with E-state index in [2.05, 4.69) is 0 Å². The Bertz CT molecular complexity index is 913. The molecule has 4 rings (SSSR count). The smallest absolute Gasteiger partial charge is 0.334 e. The first-order valence-electron chi connectivity index (χ1n) is 9.23. The molecule has 0 amide bonds. The highest BCUT2D eigenvalue weighted by Crippen LogP contribution is 2.47. The van der Waals surface area contributed by atoms with E-state index in [1.165, 1.54) is 0 Å². The van der Waals surface area contributed by atoms with E-state index in [-0.39, 0.29) is 18.4 Å². The van der Waals surface area contributed by atoms with Gasteiger partial charge in [-0.3, -0.25) is 4.79 Å². The van der Waals surface area contributed by atoms with Crippen molar-refractivity contribution >= 4 is 11.8 Å². The number of benzene rings is 2. The number of hydrogen-bond donors (Lipinski definition) is 0. The van der Waals surface area contributed by atoms with E-state index < -0.39 is 5.41 Å². The molecular formula is C23H22O4. The van der Waals surface area contributed by atoms with E-state index in [0.717, 1.165) is 35.3 Å². The SMILES string of the molecule is COc1ccc2c(c1)CC[C@]1(CC=C(C(=O)OCc3ccccc3)C1)C2=O. The van der Waals surface area contributed by atoms with Crippen molar-refractivity contribution in [2.45, 2.75) is 32.3 Å². The molecule has 0 aromatic heterocycles. The van der Waals surface area contributed by atoms with Crippen LogP contribution in [0.2, 0.25) is 0 Å². The van der Waals surface area contributed by atoms with Crippen LogP contribution in [0.25, 0.3) is 0 Å². The molecule has 0 saturated carbocycles. The van der Waals surface area contributed by atoms with E-state index in [1.54, 1.807) is 7.11 Å². The topological polar surface area (TPSA) is 52.6 Å². The number of allylic oxidation sites excluding steroid dienone is 1. The number of esters is 1. The van der Waals surface area contributed by atoms with Crippen LogP contribution in [0.15, 0.2) is 60.2 Å². The second-order valence-corrected chi connectivity index (χ2v) is 7.30. The zero-order chi connectivity index (χ0) is 18.9. The highest BCUT2D eigenvalue weighted by Gasteiger charge is 2.46. The van der Waals surface area contributed by atoms with Gasteiger partial charge in [-0.15, -0.1) is 0 Å². The van der Waals surface area contributed by atoms with E-state index >= 15 is 0 Å². The first kappa shape index (κ1) is 17.5. The van der Waals surface area contributed by atoms with Crippen LogP contribution in [-0.4, -0.2) is 18.9 Å². The van der Waals surface area contributed by atoms with Crippen LogP contribution in [0.4, 0.5) is 0 Å². The molecular weight excluding hydrogens is 340 g/mol. The van der Waals surface area contributed by atoms with Gasteiger partial charge in [0, 0.05) is 16.6 Å². The molecule has 1 spiro atoms. The lowest BCUT2D eigenvalue weighted by molar-refractivity contribution is -0.140. The Morgan fingerprint density at radius 3 is 2.74 bits per heavy atom. The number of rotatable bonds is 4. The van der Waals surface area contributed by atoms with Gasteiger partial charge >= 0.3 is 5.97 Å². The van der Waals surface area contributed by atoms with Gasteiger partial charge < -0.3 is 9.47 Å². The van der Waals surface area contributed by atoms with Gasteiger partial charge in [0.05, 0.1) is 7.11 Å². The maximum Gasteiger partial charge on any atom is 0.334 e. The van der Waals surface area contributed by atoms with E-state index in [9.17, 15) is 9.59 Å². The summed E-state index contributed by atoms with van der Waals surface area (Å²) in [5.41, 5.74) is 2.87. The zero-order valence-electron chi connectivity index (χ0n) is 15.4. The molecule has 0 heterocycles. The van der Waals surface area contributed by atoms with Crippen molar-refractivity contribution in [1.29, 1.82) is 0 Å². The van der Waals surface area contributed by atoms with E-state index in [1.807, 2.05) is 54.6 Å². The summed E-state index contributed by atoms with van der Waals surface area (Å²) in [5, 5.41) is 0. The molecule has 2 aliphatic rings. The predicted octanol–water partition coefficient (Wildman–Crippen LogP) is 4.27. The largest absolute Gasteiger partial charge is 0.497 e. The number of carbonyl (C=O) groups is 2. The van der Waals surface area contributed by atoms with Gasteiger partial charge in [-0.1, -0.05) is 36.4 Å². The standard InChI is InChI=1S/C23H22O4/c1-26-19-7-8-20-17(13-19)9-11-23(21(20)24)12-10-18(14-23)22(25)27-15-16-5-3-2-4-6-16/h2-8,10,13H,9,11-12,14-15H2,1H3/t23-/m1/s1. The first-order valence-corrected chi connectivity index (χ1v) is 9.23. The predicted molar refractivity (Wildman–Crippen MR) is 102 cm³/mol. The minimum Gasteiger partial charge on any atom is -0.497 e. The van der Waals surface area contributed by atoms with Crippen molar-refractivity contribution in [3.05, 3.63) is 76.9 Å². The number of aryl methyl sites for hydroxylation is 1. The van der Waals surface area contributed by atoms with Crippen LogP contribution in [0.3, 0.4) is 0 Å². The highest BCUT2D eigenvalue weighted by molar-refractivity contribution is 6.05. The molecule has 0 N–H and O–H groups in total. The summed E-state index contributed by atoms with van der Waals surface area (Å²) in [4.78, 5) is 25.6. The molecule has 2 aromatic rings. The number of hydrogen-bond acceptors (Lipinski definition) is 4. The van der Waals surface area contributed by atoms with Gasteiger partial charge in [0.15, 0.2) is 5.78 Å². The number of carbonyl (C=O) groups excluding carboxylic acids is 2. The van der Waals surface area contributed by atoms with Crippen LogP contribution in [0.1, 0.15) is 40.7 Å². The molecule has 138 valence electrons. The quantitative estimate of drug-likeness (QED) is 0.762. The Kier molecular flexibility index (Phi) is 4.56. The molecule has 0 aliphatic heterocycles. The molecule has 0 bridgehead atoms. The number of methoxy groups -OCH3 is 1. The summed E-state index contributed by atoms with van der Waals surface area (Å²) in [6.07, 6.45) is 4.52. The van der Waals surface area contributed by atoms with Crippen molar-refractivity contribution in [3.63, 3.8) is 0 Å². The lowest BCUT2D eigenvalue weighted by Gasteiger charge is -2.33. The lowest BCUT2D eigenvalue weighted by Crippen LogP contribution is -2.34. The molecule has 0 unspecified atom stereocenters. The fourth-order valence-corrected chi connectivity index (χ4v) is 4.06. The number of ketones is 1. The summed E-state index contributed by atoms with van der Waals surface area (Å²) < 4.78 is 10.7. The third kappa shape index (κ3) is 3.27. The summed E-state index contributed by atoms with van der Waals surface area (Å²) >= 11 is 0. The Labute approximate surface area is 158 Å². The molecule has 0 radical (unpaired) electrons. The molecule has 2 aromatic carbocycles. The summed E-state index contributed by atoms with van der Waals surface area (Å²) in [6, 6.07) is 15.2. The average molecular weight is 362 g/mol. The van der Waals surface area contributed by atoms with Crippen molar-refractivity contribution in [2.75, 3.05) is 7.11 Å². The summed E-state index contributed by atoms with van der Waals surface area (Å²) in [6.45, 7) is 0.251. The van der Waals surface area contributed by atoms with E-state index in [4.69, 9.17) is 9.47 Å². The minimum atomic E-state index is -0.497. The molecule has 4 heteroatoms. The van der Waals surface area contributed by atoms with Gasteiger partial charge in [0.25, 0.3) is 0 Å². The molecule has 27 heavy (non-hydrogen) atoms. The maximum absolute atomic E-state index is 13.2. The van der Waals surface area contributed by atoms with Gasteiger partial charge in [0.1, 0.15) is 12.4 Å². The van der Waals surface area contributed by atoms with Gasteiger partial charge in [0.2, 0.25) is 0 Å². The van der Waals surface area contributed by atoms with Gasteiger partial charge in [-0.05, 0) is 55.0 Å². The highest BCUT2D eigenvalue weighted by atomic mass is 16.5. The summed E-state index contributed by atoms with van der Waals surface area (Å²) in [7, 11) is 1.63. The molecule has 0 saturated heterocycles. The molecule has 1 atom stereocenters. The van der Waals surface area contributed by atoms with Crippen molar-refractivity contribution in [3.8, 4) is 5.75 Å². The van der Waals surface area contributed by atoms with E-state index in [0.29, 0.717) is 18.4 Å². The lowest BCUT2D eigenvalue weighted by atomic mass is 9.68. The minimum absolute atomic E-state index is 0.133. The Hall–Kier alpha value is -2.88. The van der Waals surface area contributed by atoms with Crippen molar-refractivity contribution < 1.29 is 19.1 Å². The maximum atomic E-state index is 13.2. The van der Waals surface area contributed by atoms with Crippen LogP contribution in [0, 0.1) is 5.41 Å². The number of ether oxygens (including phenoxy) is 2. The average Bonchev–Trinajstić information content (AvgIpc) is 3.15. The molecule has 2 aliphatic carbocycles. The second-order valence-electron chi connectivity index (χ2n) is 7.30. The normalized spacial score (nSPS) is 20.9. The molecule has 4 nitrogen and oxygen atoms in total. The fourth-order valence-electron chi connectivity index (χ4n) is 4.06. The van der Waals surface area contributed by atoms with Gasteiger partial charge in [-0.25, -0.2) is 4.79 Å². The third-order valence-corrected chi connectivity index (χ3v) is 5.65. The van der Waals surface area contributed by atoms with Crippen LogP contribution in [0.5, 0.6) is 5.75 Å². The Morgan fingerprint density at radius 2 is 1.96 bits per heavy atom. The third-order valence-electron chi connectivity index (χ3n) is 5.65. The number of Topliss-reactive ketones (excluding diaryl/α,β-unsaturated/α-hetero) is 1. The summed E-state index contributed by atoms with van der Waals surface area (Å²) in [5.74, 6) is 0.588. The zero-order valence-corrected chi connectivity index (χ0v) is 15.4. The van der Waals surface area contributed by atoms with Crippen LogP contribution < -0.4 is 4.74 Å². The fraction of sp³-hybridized carbons (Fsp3) is 0.304. The van der Waals surface area contributed by atoms with Gasteiger partial charge in [-0.2, -0.15) is 0 Å². The Morgan fingerprint density at radius 1 is 1.15 bits per heavy atom. The van der Waals surface area contributed by atoms with Crippen molar-refractivity contribution in [2.24, 2.45) is 5.41 Å². The van der Waals surface area contributed by atoms with Crippen molar-refractivity contribution in [1.82, 2.24) is 0 Å². The monoisotopic (exact) mass is 362 g/mol. The second kappa shape index (κ2) is 7.03. The number of fused-ring (bicyclic) bond motifs is 1. The molecule has 0 fully saturated rings. The van der Waals surface area contributed by atoms with Crippen LogP contribution in [-0.2, 0) is 22.6 Å².